The number of Topliss-reactive ketones (excluding diaryl/α,β-unsaturated/α-hetero) is 1. The molecule has 0 radical (unpaired) electrons. The fourth-order valence-electron chi connectivity index (χ4n) is 2.67. The summed E-state index contributed by atoms with van der Waals surface area (Å²) in [6.45, 7) is 0. The number of hydrogen-bond acceptors (Lipinski definition) is 3. The topological polar surface area (TPSA) is 55.4 Å². The van der Waals surface area contributed by atoms with E-state index >= 15 is 0 Å². The van der Waals surface area contributed by atoms with Gasteiger partial charge in [-0.25, -0.2) is 4.79 Å². The molecule has 0 spiro atoms. The maximum absolute atomic E-state index is 12.2. The van der Waals surface area contributed by atoms with Crippen LogP contribution in [0.4, 0.5) is 4.79 Å². The van der Waals surface area contributed by atoms with Gasteiger partial charge in [0, 0.05) is 17.4 Å². The molecule has 1 aromatic rings. The third-order valence-corrected chi connectivity index (χ3v) is 4.05. The molecule has 0 heterocycles. The van der Waals surface area contributed by atoms with E-state index in [1.54, 1.807) is 6.07 Å². The van der Waals surface area contributed by atoms with Crippen LogP contribution in [-0.2, 0) is 9.53 Å². The van der Waals surface area contributed by atoms with Gasteiger partial charge in [0.15, 0.2) is 0 Å². The van der Waals surface area contributed by atoms with Gasteiger partial charge in [-0.3, -0.25) is 4.79 Å². The number of hydrogen-bond donors (Lipinski definition) is 1. The SMILES string of the molecule is COC(=O)NC(c1ccccc1Cl)C1CCCCC1=O. The second-order valence-electron chi connectivity index (χ2n) is 4.95. The highest BCUT2D eigenvalue weighted by Gasteiger charge is 2.33. The molecule has 0 aliphatic heterocycles. The first-order valence-electron chi connectivity index (χ1n) is 6.75. The summed E-state index contributed by atoms with van der Waals surface area (Å²) >= 11 is 6.21. The summed E-state index contributed by atoms with van der Waals surface area (Å²) in [6, 6.07) is 6.84. The number of halogens is 1. The maximum Gasteiger partial charge on any atom is 0.407 e. The van der Waals surface area contributed by atoms with Gasteiger partial charge in [-0.15, -0.1) is 0 Å². The Balaban J connectivity index is 2.31. The summed E-state index contributed by atoms with van der Waals surface area (Å²) in [6.07, 6.45) is 2.68. The number of rotatable bonds is 3. The van der Waals surface area contributed by atoms with Gasteiger partial charge in [-0.05, 0) is 24.5 Å². The van der Waals surface area contributed by atoms with E-state index in [0.717, 1.165) is 24.8 Å². The van der Waals surface area contributed by atoms with E-state index in [9.17, 15) is 9.59 Å². The quantitative estimate of drug-likeness (QED) is 0.928. The molecule has 1 aromatic carbocycles. The lowest BCUT2D eigenvalue weighted by molar-refractivity contribution is -0.125. The molecule has 1 aliphatic rings. The van der Waals surface area contributed by atoms with Crippen LogP contribution in [0.5, 0.6) is 0 Å². The van der Waals surface area contributed by atoms with Crippen molar-refractivity contribution in [1.82, 2.24) is 5.32 Å². The molecule has 1 amide bonds. The van der Waals surface area contributed by atoms with Crippen molar-refractivity contribution in [2.45, 2.75) is 31.7 Å². The molecule has 2 rings (SSSR count). The first kappa shape index (κ1) is 14.9. The Morgan fingerprint density at radius 2 is 2.15 bits per heavy atom. The first-order valence-corrected chi connectivity index (χ1v) is 7.13. The van der Waals surface area contributed by atoms with Gasteiger partial charge in [-0.2, -0.15) is 0 Å². The third-order valence-electron chi connectivity index (χ3n) is 3.70. The summed E-state index contributed by atoms with van der Waals surface area (Å²) in [5.41, 5.74) is 0.764. The molecule has 20 heavy (non-hydrogen) atoms. The number of carbonyl (C=O) groups is 2. The number of ether oxygens (including phenoxy) is 1. The molecule has 4 nitrogen and oxygen atoms in total. The van der Waals surface area contributed by atoms with E-state index in [0.29, 0.717) is 11.4 Å². The van der Waals surface area contributed by atoms with Crippen LogP contribution >= 0.6 is 11.6 Å². The average Bonchev–Trinajstić information content (AvgIpc) is 2.46. The van der Waals surface area contributed by atoms with Crippen molar-refractivity contribution in [2.24, 2.45) is 5.92 Å². The number of amides is 1. The van der Waals surface area contributed by atoms with Crippen molar-refractivity contribution in [3.8, 4) is 0 Å². The zero-order valence-electron chi connectivity index (χ0n) is 11.4. The largest absolute Gasteiger partial charge is 0.453 e. The number of alkyl carbamates (subject to hydrolysis) is 1. The second-order valence-corrected chi connectivity index (χ2v) is 5.36. The second kappa shape index (κ2) is 6.75. The molecule has 1 N–H and O–H groups in total. The first-order chi connectivity index (χ1) is 9.63. The lowest BCUT2D eigenvalue weighted by atomic mass is 9.80. The Kier molecular flexibility index (Phi) is 5.01. The molecule has 1 aliphatic carbocycles. The van der Waals surface area contributed by atoms with Gasteiger partial charge < -0.3 is 10.1 Å². The fraction of sp³-hybridized carbons (Fsp3) is 0.467. The maximum atomic E-state index is 12.2. The molecule has 0 bridgehead atoms. The van der Waals surface area contributed by atoms with Gasteiger partial charge in [0.1, 0.15) is 5.78 Å². The third kappa shape index (κ3) is 3.31. The molecular weight excluding hydrogens is 278 g/mol. The molecular formula is C15H18ClNO3. The van der Waals surface area contributed by atoms with Crippen LogP contribution in [0.1, 0.15) is 37.3 Å². The van der Waals surface area contributed by atoms with Crippen molar-refractivity contribution in [2.75, 3.05) is 7.11 Å². The highest BCUT2D eigenvalue weighted by atomic mass is 35.5. The lowest BCUT2D eigenvalue weighted by Crippen LogP contribution is -2.38. The number of carbonyl (C=O) groups excluding carboxylic acids is 2. The minimum Gasteiger partial charge on any atom is -0.453 e. The monoisotopic (exact) mass is 295 g/mol. The van der Waals surface area contributed by atoms with E-state index in [1.807, 2.05) is 18.2 Å². The van der Waals surface area contributed by atoms with Crippen molar-refractivity contribution in [3.63, 3.8) is 0 Å². The Hall–Kier alpha value is -1.55. The van der Waals surface area contributed by atoms with E-state index in [-0.39, 0.29) is 11.7 Å². The van der Waals surface area contributed by atoms with Gasteiger partial charge in [0.05, 0.1) is 13.2 Å². The number of benzene rings is 1. The standard InChI is InChI=1S/C15H18ClNO3/c1-20-15(19)17-14(10-6-2-4-8-12(10)16)11-7-3-5-9-13(11)18/h2,4,6,8,11,14H,3,5,7,9H2,1H3,(H,17,19). The summed E-state index contributed by atoms with van der Waals surface area (Å²) in [4.78, 5) is 23.7. The van der Waals surface area contributed by atoms with Gasteiger partial charge >= 0.3 is 6.09 Å². The molecule has 1 fully saturated rings. The van der Waals surface area contributed by atoms with Crippen LogP contribution in [0.15, 0.2) is 24.3 Å². The Bertz CT molecular complexity index is 504. The summed E-state index contributed by atoms with van der Waals surface area (Å²) in [5.74, 6) is -0.0553. The van der Waals surface area contributed by atoms with Gasteiger partial charge in [0.2, 0.25) is 0 Å². The molecule has 1 saturated carbocycles. The highest BCUT2D eigenvalue weighted by molar-refractivity contribution is 6.31. The van der Waals surface area contributed by atoms with E-state index in [4.69, 9.17) is 11.6 Å². The Labute approximate surface area is 123 Å². The average molecular weight is 296 g/mol. The van der Waals surface area contributed by atoms with Crippen LogP contribution in [0.25, 0.3) is 0 Å². The van der Waals surface area contributed by atoms with Crippen molar-refractivity contribution in [3.05, 3.63) is 34.9 Å². The summed E-state index contributed by atoms with van der Waals surface area (Å²) in [5, 5.41) is 3.31. The van der Waals surface area contributed by atoms with Gasteiger partial charge in [-0.1, -0.05) is 36.2 Å². The molecule has 0 saturated heterocycles. The molecule has 2 atom stereocenters. The number of methoxy groups -OCH3 is 1. The zero-order chi connectivity index (χ0) is 14.5. The highest BCUT2D eigenvalue weighted by Crippen LogP contribution is 2.35. The minimum absolute atomic E-state index is 0.178. The lowest BCUT2D eigenvalue weighted by Gasteiger charge is -2.30. The number of nitrogens with one attached hydrogen (secondary N) is 1. The van der Waals surface area contributed by atoms with Crippen LogP contribution in [0.2, 0.25) is 5.02 Å². The zero-order valence-corrected chi connectivity index (χ0v) is 12.2. The fourth-order valence-corrected chi connectivity index (χ4v) is 2.92. The van der Waals surface area contributed by atoms with E-state index < -0.39 is 12.1 Å². The normalized spacial score (nSPS) is 20.3. The van der Waals surface area contributed by atoms with E-state index in [1.165, 1.54) is 7.11 Å². The molecule has 108 valence electrons. The molecule has 0 aromatic heterocycles. The summed E-state index contributed by atoms with van der Waals surface area (Å²) < 4.78 is 4.66. The van der Waals surface area contributed by atoms with Crippen LogP contribution in [0, 0.1) is 5.92 Å². The van der Waals surface area contributed by atoms with Crippen LogP contribution < -0.4 is 5.32 Å². The Morgan fingerprint density at radius 1 is 1.40 bits per heavy atom. The number of ketones is 1. The smallest absolute Gasteiger partial charge is 0.407 e. The van der Waals surface area contributed by atoms with Gasteiger partial charge in [0.25, 0.3) is 0 Å². The molecule has 5 heteroatoms. The van der Waals surface area contributed by atoms with Crippen molar-refractivity contribution < 1.29 is 14.3 Å². The summed E-state index contributed by atoms with van der Waals surface area (Å²) in [7, 11) is 1.31. The predicted octanol–water partition coefficient (Wildman–Crippen LogP) is 3.50. The predicted molar refractivity (Wildman–Crippen MR) is 76.7 cm³/mol. The minimum atomic E-state index is -0.548. The van der Waals surface area contributed by atoms with Crippen molar-refractivity contribution in [1.29, 1.82) is 0 Å². The van der Waals surface area contributed by atoms with Crippen LogP contribution in [0.3, 0.4) is 0 Å². The Morgan fingerprint density at radius 3 is 2.80 bits per heavy atom. The van der Waals surface area contributed by atoms with E-state index in [2.05, 4.69) is 10.1 Å². The van der Waals surface area contributed by atoms with Crippen LogP contribution in [-0.4, -0.2) is 19.0 Å². The van der Waals surface area contributed by atoms with Crippen molar-refractivity contribution >= 4 is 23.5 Å². The molecule has 2 unspecified atom stereocenters.